The number of benzene rings is 1. The van der Waals surface area contributed by atoms with Crippen LogP contribution in [-0.2, 0) is 13.0 Å². The zero-order valence-electron chi connectivity index (χ0n) is 19.0. The van der Waals surface area contributed by atoms with Crippen molar-refractivity contribution in [3.63, 3.8) is 0 Å². The number of amides is 2. The highest BCUT2D eigenvalue weighted by molar-refractivity contribution is 7.15. The van der Waals surface area contributed by atoms with Gasteiger partial charge in [-0.15, -0.1) is 11.3 Å². The van der Waals surface area contributed by atoms with Crippen LogP contribution in [0.3, 0.4) is 0 Å². The third-order valence-corrected chi connectivity index (χ3v) is 7.13. The summed E-state index contributed by atoms with van der Waals surface area (Å²) in [6, 6.07) is 8.95. The molecule has 2 amide bonds. The van der Waals surface area contributed by atoms with Crippen molar-refractivity contribution in [3.8, 4) is 16.5 Å². The van der Waals surface area contributed by atoms with Gasteiger partial charge in [0.15, 0.2) is 0 Å². The number of hydrogen-bond acceptors (Lipinski definition) is 5. The molecular weight excluding hydrogens is 424 g/mol. The highest BCUT2D eigenvalue weighted by atomic mass is 32.1. The normalized spacial score (nSPS) is 14.5. The second-order valence-electron chi connectivity index (χ2n) is 7.82. The number of carbonyl (C=O) groups excluding carboxylic acids is 1. The van der Waals surface area contributed by atoms with Crippen LogP contribution in [0, 0.1) is 0 Å². The van der Waals surface area contributed by atoms with E-state index in [1.807, 2.05) is 30.4 Å². The van der Waals surface area contributed by atoms with Crippen LogP contribution in [0.2, 0.25) is 0 Å². The van der Waals surface area contributed by atoms with E-state index in [4.69, 9.17) is 9.47 Å². The summed E-state index contributed by atoms with van der Waals surface area (Å²) in [5.41, 5.74) is 3.17. The number of carbonyl (C=O) groups is 1. The molecule has 1 aliphatic heterocycles. The van der Waals surface area contributed by atoms with Gasteiger partial charge in [0.05, 0.1) is 25.9 Å². The Morgan fingerprint density at radius 2 is 2.00 bits per heavy atom. The predicted octanol–water partition coefficient (Wildman–Crippen LogP) is 4.82. The second-order valence-corrected chi connectivity index (χ2v) is 8.90. The van der Waals surface area contributed by atoms with Gasteiger partial charge in [-0.05, 0) is 49.7 Å². The van der Waals surface area contributed by atoms with Gasteiger partial charge in [0.1, 0.15) is 16.5 Å². The molecule has 1 aliphatic rings. The van der Waals surface area contributed by atoms with Crippen LogP contribution in [0.25, 0.3) is 5.00 Å². The number of aromatic nitrogens is 1. The predicted molar refractivity (Wildman–Crippen MR) is 128 cm³/mol. The summed E-state index contributed by atoms with van der Waals surface area (Å²) in [6.07, 6.45) is 5.12. The highest BCUT2D eigenvalue weighted by Gasteiger charge is 2.28. The lowest BCUT2D eigenvalue weighted by Crippen LogP contribution is -2.33. The maximum atomic E-state index is 12.9. The monoisotopic (exact) mass is 454 g/mol. The van der Waals surface area contributed by atoms with Gasteiger partial charge in [-0.25, -0.2) is 4.79 Å². The summed E-state index contributed by atoms with van der Waals surface area (Å²) in [5.74, 6) is 1.22. The number of likely N-dealkylation sites (N-methyl/N-ethyl adjacent to an activating group) is 1. The first-order chi connectivity index (χ1) is 15.5. The molecule has 4 rings (SSSR count). The molecule has 1 aromatic carbocycles. The molecule has 0 fully saturated rings. The van der Waals surface area contributed by atoms with Crippen molar-refractivity contribution in [2.24, 2.45) is 0 Å². The number of anilines is 1. The molecule has 0 aliphatic carbocycles. The van der Waals surface area contributed by atoms with E-state index in [1.54, 1.807) is 32.4 Å². The Kier molecular flexibility index (Phi) is 6.72. The third-order valence-electron chi connectivity index (χ3n) is 5.88. The molecule has 0 spiro atoms. The molecule has 0 radical (unpaired) electrons. The van der Waals surface area contributed by atoms with Crippen molar-refractivity contribution >= 4 is 23.1 Å². The fourth-order valence-electron chi connectivity index (χ4n) is 4.17. The number of methoxy groups -OCH3 is 2. The fourth-order valence-corrected chi connectivity index (χ4v) is 5.63. The number of ether oxygens (including phenoxy) is 2. The molecule has 32 heavy (non-hydrogen) atoms. The standard InChI is InChI=1S/C24H30N4O3S/c1-5-27-13-10-18-21(15-27)32-23(28-11-6-7-12-28)22(18)16(2)25-24(29)26-19-9-8-17(30-3)14-20(19)31-4/h6-9,11-12,14,16H,5,10,13,15H2,1-4H3,(H2,25,26,29)/t16-/m1/s1. The van der Waals surface area contributed by atoms with Crippen LogP contribution in [0.1, 0.15) is 35.9 Å². The number of fused-ring (bicyclic) bond motifs is 1. The van der Waals surface area contributed by atoms with Crippen LogP contribution < -0.4 is 20.1 Å². The average molecular weight is 455 g/mol. The fraction of sp³-hybridized carbons (Fsp3) is 0.375. The van der Waals surface area contributed by atoms with Crippen molar-refractivity contribution in [1.29, 1.82) is 0 Å². The lowest BCUT2D eigenvalue weighted by Gasteiger charge is -2.26. The summed E-state index contributed by atoms with van der Waals surface area (Å²) < 4.78 is 12.8. The first kappa shape index (κ1) is 22.2. The van der Waals surface area contributed by atoms with Crippen molar-refractivity contribution < 1.29 is 14.3 Å². The van der Waals surface area contributed by atoms with Crippen molar-refractivity contribution in [2.75, 3.05) is 32.6 Å². The number of thiophene rings is 1. The summed E-state index contributed by atoms with van der Waals surface area (Å²) >= 11 is 1.82. The van der Waals surface area contributed by atoms with Gasteiger partial charge in [0.2, 0.25) is 0 Å². The van der Waals surface area contributed by atoms with Gasteiger partial charge in [0, 0.05) is 42.0 Å². The molecule has 2 N–H and O–H groups in total. The maximum Gasteiger partial charge on any atom is 0.319 e. The first-order valence-electron chi connectivity index (χ1n) is 10.8. The second kappa shape index (κ2) is 9.67. The summed E-state index contributed by atoms with van der Waals surface area (Å²) in [4.78, 5) is 16.7. The first-order valence-corrected chi connectivity index (χ1v) is 11.6. The summed E-state index contributed by atoms with van der Waals surface area (Å²) in [5, 5.41) is 7.22. The van der Waals surface area contributed by atoms with Gasteiger partial charge in [0.25, 0.3) is 0 Å². The van der Waals surface area contributed by atoms with Crippen LogP contribution >= 0.6 is 11.3 Å². The average Bonchev–Trinajstić information content (AvgIpc) is 3.46. The molecule has 0 bridgehead atoms. The lowest BCUT2D eigenvalue weighted by molar-refractivity contribution is 0.249. The Hall–Kier alpha value is -2.97. The number of rotatable bonds is 7. The minimum Gasteiger partial charge on any atom is -0.497 e. The SMILES string of the molecule is CCN1CCc2c(sc(-n3cccc3)c2[C@@H](C)NC(=O)Nc2ccc(OC)cc2OC)C1. The minimum absolute atomic E-state index is 0.148. The zero-order valence-corrected chi connectivity index (χ0v) is 19.8. The molecule has 2 aromatic heterocycles. The van der Waals surface area contributed by atoms with Crippen LogP contribution in [0.5, 0.6) is 11.5 Å². The van der Waals surface area contributed by atoms with Gasteiger partial charge in [-0.3, -0.25) is 4.90 Å². The largest absolute Gasteiger partial charge is 0.497 e. The van der Waals surface area contributed by atoms with E-state index in [2.05, 4.69) is 39.4 Å². The van der Waals surface area contributed by atoms with E-state index < -0.39 is 0 Å². The van der Waals surface area contributed by atoms with Gasteiger partial charge in [-0.1, -0.05) is 6.92 Å². The zero-order chi connectivity index (χ0) is 22.7. The molecule has 0 saturated carbocycles. The van der Waals surface area contributed by atoms with Crippen molar-refractivity contribution in [3.05, 3.63) is 58.7 Å². The summed E-state index contributed by atoms with van der Waals surface area (Å²) in [6.45, 7) is 7.30. The van der Waals surface area contributed by atoms with E-state index in [9.17, 15) is 4.79 Å². The minimum atomic E-state index is -0.273. The number of nitrogens with one attached hydrogen (secondary N) is 2. The summed E-state index contributed by atoms with van der Waals surface area (Å²) in [7, 11) is 3.17. The Morgan fingerprint density at radius 1 is 1.22 bits per heavy atom. The molecular formula is C24H30N4O3S. The lowest BCUT2D eigenvalue weighted by atomic mass is 9.98. The molecule has 0 saturated heterocycles. The van der Waals surface area contributed by atoms with E-state index in [-0.39, 0.29) is 12.1 Å². The topological polar surface area (TPSA) is 67.8 Å². The number of urea groups is 1. The van der Waals surface area contributed by atoms with Crippen LogP contribution in [0.15, 0.2) is 42.7 Å². The van der Waals surface area contributed by atoms with Crippen LogP contribution in [-0.4, -0.2) is 42.8 Å². The smallest absolute Gasteiger partial charge is 0.319 e. The van der Waals surface area contributed by atoms with Gasteiger partial charge < -0.3 is 24.7 Å². The molecule has 7 nitrogen and oxygen atoms in total. The maximum absolute atomic E-state index is 12.9. The molecule has 8 heteroatoms. The molecule has 0 unspecified atom stereocenters. The van der Waals surface area contributed by atoms with E-state index in [1.165, 1.54) is 21.0 Å². The number of hydrogen-bond donors (Lipinski definition) is 2. The van der Waals surface area contributed by atoms with Gasteiger partial charge >= 0.3 is 6.03 Å². The third kappa shape index (κ3) is 4.47. The van der Waals surface area contributed by atoms with Gasteiger partial charge in [-0.2, -0.15) is 0 Å². The van der Waals surface area contributed by atoms with E-state index in [0.717, 1.165) is 26.1 Å². The quantitative estimate of drug-likeness (QED) is 0.537. The van der Waals surface area contributed by atoms with Crippen molar-refractivity contribution in [2.45, 2.75) is 32.9 Å². The Labute approximate surface area is 192 Å². The van der Waals surface area contributed by atoms with Crippen LogP contribution in [0.4, 0.5) is 10.5 Å². The Morgan fingerprint density at radius 3 is 2.69 bits per heavy atom. The number of nitrogens with zero attached hydrogens (tertiary/aromatic N) is 2. The Bertz CT molecular complexity index is 1080. The highest BCUT2D eigenvalue weighted by Crippen LogP contribution is 2.39. The van der Waals surface area contributed by atoms with E-state index in [0.29, 0.717) is 17.2 Å². The molecule has 1 atom stereocenters. The van der Waals surface area contributed by atoms with E-state index >= 15 is 0 Å². The Balaban J connectivity index is 1.57. The molecule has 170 valence electrons. The molecule has 3 aromatic rings. The molecule has 3 heterocycles. The van der Waals surface area contributed by atoms with Crippen molar-refractivity contribution in [1.82, 2.24) is 14.8 Å².